The van der Waals surface area contributed by atoms with E-state index in [9.17, 15) is 13.2 Å². The predicted octanol–water partition coefficient (Wildman–Crippen LogP) is 2.55. The van der Waals surface area contributed by atoms with Gasteiger partial charge >= 0.3 is 0 Å². The van der Waals surface area contributed by atoms with Gasteiger partial charge < -0.3 is 14.8 Å². The molecule has 1 N–H and O–H groups in total. The Morgan fingerprint density at radius 2 is 1.73 bits per heavy atom. The third kappa shape index (κ3) is 4.41. The van der Waals surface area contributed by atoms with Gasteiger partial charge in [0.25, 0.3) is 5.91 Å². The van der Waals surface area contributed by atoms with Crippen LogP contribution in [0.25, 0.3) is 0 Å². The average Bonchev–Trinajstić information content (AvgIpc) is 2.66. The molecule has 0 bridgehead atoms. The van der Waals surface area contributed by atoms with Gasteiger partial charge in [-0.3, -0.25) is 9.10 Å². The smallest absolute Gasteiger partial charge is 0.253 e. The highest BCUT2D eigenvalue weighted by molar-refractivity contribution is 7.92. The maximum absolute atomic E-state index is 12.9. The van der Waals surface area contributed by atoms with Gasteiger partial charge in [0.15, 0.2) is 11.5 Å². The molecule has 0 unspecified atom stereocenters. The minimum absolute atomic E-state index is 0.0679. The number of rotatable bonds is 7. The van der Waals surface area contributed by atoms with Gasteiger partial charge in [0.1, 0.15) is 0 Å². The Morgan fingerprint density at radius 1 is 1.15 bits per heavy atom. The number of methoxy groups -OCH3 is 2. The second-order valence-electron chi connectivity index (χ2n) is 6.40. The normalized spacial score (nSPS) is 15.4. The first-order valence-corrected chi connectivity index (χ1v) is 10.5. The van der Waals surface area contributed by atoms with E-state index in [1.54, 1.807) is 6.92 Å². The molecule has 1 aliphatic rings. The Bertz CT molecular complexity index is 742. The van der Waals surface area contributed by atoms with Crippen LogP contribution in [0.2, 0.25) is 0 Å². The van der Waals surface area contributed by atoms with Crippen LogP contribution >= 0.6 is 0 Å². The van der Waals surface area contributed by atoms with Crippen LogP contribution < -0.4 is 19.1 Å². The third-order valence-corrected chi connectivity index (χ3v) is 6.57. The summed E-state index contributed by atoms with van der Waals surface area (Å²) in [5, 5.41) is 3.03. The molecule has 0 spiro atoms. The first-order chi connectivity index (χ1) is 12.3. The van der Waals surface area contributed by atoms with Crippen molar-refractivity contribution in [2.45, 2.75) is 45.1 Å². The lowest BCUT2D eigenvalue weighted by Gasteiger charge is -2.26. The van der Waals surface area contributed by atoms with E-state index in [1.807, 2.05) is 0 Å². The molecule has 0 atom stereocenters. The summed E-state index contributed by atoms with van der Waals surface area (Å²) >= 11 is 0. The fraction of sp³-hybridized carbons (Fsp3) is 0.611. The number of ether oxygens (including phenoxy) is 2. The molecule has 0 aliphatic heterocycles. The van der Waals surface area contributed by atoms with E-state index in [1.165, 1.54) is 39.8 Å². The number of benzene rings is 1. The summed E-state index contributed by atoms with van der Waals surface area (Å²) in [4.78, 5) is 12.9. The number of anilines is 1. The molecule has 0 saturated heterocycles. The quantitative estimate of drug-likeness (QED) is 0.781. The van der Waals surface area contributed by atoms with E-state index in [0.29, 0.717) is 11.5 Å². The molecule has 1 aliphatic carbocycles. The number of amides is 1. The maximum Gasteiger partial charge on any atom is 0.253 e. The zero-order valence-corrected chi connectivity index (χ0v) is 16.7. The van der Waals surface area contributed by atoms with Gasteiger partial charge in [0, 0.05) is 19.2 Å². The second-order valence-corrected chi connectivity index (χ2v) is 8.69. The van der Waals surface area contributed by atoms with Crippen LogP contribution in [0, 0.1) is 0 Å². The molecule has 1 saturated carbocycles. The Labute approximate surface area is 155 Å². The molecule has 1 fully saturated rings. The van der Waals surface area contributed by atoms with Crippen molar-refractivity contribution in [2.75, 3.05) is 31.3 Å². The van der Waals surface area contributed by atoms with Gasteiger partial charge in [-0.15, -0.1) is 0 Å². The topological polar surface area (TPSA) is 84.9 Å². The van der Waals surface area contributed by atoms with E-state index in [4.69, 9.17) is 9.47 Å². The summed E-state index contributed by atoms with van der Waals surface area (Å²) in [5.74, 6) is 0.384. The summed E-state index contributed by atoms with van der Waals surface area (Å²) in [7, 11) is 0.863. The molecule has 1 amide bonds. The fourth-order valence-electron chi connectivity index (χ4n) is 3.16. The average molecular weight is 384 g/mol. The van der Waals surface area contributed by atoms with Crippen molar-refractivity contribution in [3.8, 4) is 11.5 Å². The summed E-state index contributed by atoms with van der Waals surface area (Å²) in [6, 6.07) is 3.18. The number of hydrogen-bond acceptors (Lipinski definition) is 5. The lowest BCUT2D eigenvalue weighted by Crippen LogP contribution is -2.37. The molecule has 1 aromatic rings. The number of nitrogens with zero attached hydrogens (tertiary/aromatic N) is 1. The van der Waals surface area contributed by atoms with Gasteiger partial charge in [-0.1, -0.05) is 19.3 Å². The molecular formula is C18H28N2O5S. The van der Waals surface area contributed by atoms with Gasteiger partial charge in [-0.25, -0.2) is 8.42 Å². The van der Waals surface area contributed by atoms with Crippen LogP contribution in [0.15, 0.2) is 12.1 Å². The first-order valence-electron chi connectivity index (χ1n) is 8.87. The SMILES string of the molecule is CCS(=O)(=O)N(C)c1cc(OC)c(OC)cc1C(=O)NC1CCCCC1. The number of hydrogen-bond donors (Lipinski definition) is 1. The minimum atomic E-state index is -3.53. The van der Waals surface area contributed by atoms with E-state index in [-0.39, 0.29) is 29.0 Å². The zero-order valence-electron chi connectivity index (χ0n) is 15.9. The highest BCUT2D eigenvalue weighted by Crippen LogP contribution is 2.36. The monoisotopic (exact) mass is 384 g/mol. The third-order valence-electron chi connectivity index (χ3n) is 4.81. The number of carbonyl (C=O) groups is 1. The van der Waals surface area contributed by atoms with E-state index >= 15 is 0 Å². The van der Waals surface area contributed by atoms with Crippen molar-refractivity contribution in [3.63, 3.8) is 0 Å². The lowest BCUT2D eigenvalue weighted by molar-refractivity contribution is 0.0928. The summed E-state index contributed by atoms with van der Waals surface area (Å²) in [6.45, 7) is 1.56. The van der Waals surface area contributed by atoms with Crippen molar-refractivity contribution in [3.05, 3.63) is 17.7 Å². The molecule has 7 nitrogen and oxygen atoms in total. The number of carbonyl (C=O) groups excluding carboxylic acids is 1. The van der Waals surface area contributed by atoms with Crippen LogP contribution in [-0.4, -0.2) is 47.4 Å². The molecule has 1 aromatic carbocycles. The van der Waals surface area contributed by atoms with Crippen LogP contribution in [0.5, 0.6) is 11.5 Å². The van der Waals surface area contributed by atoms with Gasteiger partial charge in [0.2, 0.25) is 10.0 Å². The van der Waals surface area contributed by atoms with Crippen molar-refractivity contribution in [1.29, 1.82) is 0 Å². The van der Waals surface area contributed by atoms with Crippen molar-refractivity contribution >= 4 is 21.6 Å². The lowest BCUT2D eigenvalue weighted by atomic mass is 9.95. The zero-order chi connectivity index (χ0) is 19.3. The van der Waals surface area contributed by atoms with Crippen molar-refractivity contribution in [1.82, 2.24) is 5.32 Å². The molecule has 8 heteroatoms. The number of nitrogens with one attached hydrogen (secondary N) is 1. The molecule has 0 heterocycles. The fourth-order valence-corrected chi connectivity index (χ4v) is 4.00. The first kappa shape index (κ1) is 20.4. The highest BCUT2D eigenvalue weighted by Gasteiger charge is 2.26. The molecule has 0 aromatic heterocycles. The van der Waals surface area contributed by atoms with Crippen molar-refractivity contribution in [2.24, 2.45) is 0 Å². The van der Waals surface area contributed by atoms with Crippen LogP contribution in [0.1, 0.15) is 49.4 Å². The van der Waals surface area contributed by atoms with E-state index in [0.717, 1.165) is 30.0 Å². The standard InChI is InChI=1S/C18H28N2O5S/c1-5-26(22,23)20(2)15-12-17(25-4)16(24-3)11-14(15)18(21)19-13-9-7-6-8-10-13/h11-13H,5-10H2,1-4H3,(H,19,21). The van der Waals surface area contributed by atoms with Crippen LogP contribution in [-0.2, 0) is 10.0 Å². The molecule has 0 radical (unpaired) electrons. The Hall–Kier alpha value is -1.96. The van der Waals surface area contributed by atoms with Crippen LogP contribution in [0.4, 0.5) is 5.69 Å². The Kier molecular flexibility index (Phi) is 6.75. The maximum atomic E-state index is 12.9. The Balaban J connectivity index is 2.45. The van der Waals surface area contributed by atoms with E-state index < -0.39 is 10.0 Å². The minimum Gasteiger partial charge on any atom is -0.493 e. The van der Waals surface area contributed by atoms with Crippen molar-refractivity contribution < 1.29 is 22.7 Å². The Morgan fingerprint density at radius 3 is 2.27 bits per heavy atom. The molecule has 26 heavy (non-hydrogen) atoms. The largest absolute Gasteiger partial charge is 0.493 e. The highest BCUT2D eigenvalue weighted by atomic mass is 32.2. The van der Waals surface area contributed by atoms with Gasteiger partial charge in [0.05, 0.1) is 31.2 Å². The van der Waals surface area contributed by atoms with Gasteiger partial charge in [-0.05, 0) is 25.8 Å². The second kappa shape index (κ2) is 8.62. The molecular weight excluding hydrogens is 356 g/mol. The van der Waals surface area contributed by atoms with Crippen LogP contribution in [0.3, 0.4) is 0 Å². The van der Waals surface area contributed by atoms with E-state index in [2.05, 4.69) is 5.32 Å². The summed E-state index contributed by atoms with van der Waals surface area (Å²) in [5.41, 5.74) is 0.533. The summed E-state index contributed by atoms with van der Waals surface area (Å²) in [6.07, 6.45) is 5.25. The van der Waals surface area contributed by atoms with Gasteiger partial charge in [-0.2, -0.15) is 0 Å². The summed E-state index contributed by atoms with van der Waals surface area (Å²) < 4.78 is 36.4. The molecule has 146 valence electrons. The molecule has 2 rings (SSSR count). The number of sulfonamides is 1. The predicted molar refractivity (Wildman–Crippen MR) is 102 cm³/mol.